The number of H-pyrrole nitrogens is 1. The van der Waals surface area contributed by atoms with Gasteiger partial charge in [0.05, 0.1) is 17.6 Å². The molecule has 0 bridgehead atoms. The van der Waals surface area contributed by atoms with Crippen LogP contribution in [0.5, 0.6) is 0 Å². The Morgan fingerprint density at radius 3 is 2.63 bits per heavy atom. The van der Waals surface area contributed by atoms with Gasteiger partial charge in [-0.15, -0.1) is 0 Å². The molecule has 1 aliphatic heterocycles. The number of aromatic nitrogens is 4. The highest BCUT2D eigenvalue weighted by Gasteiger charge is 2.32. The molecule has 38 heavy (non-hydrogen) atoms. The number of carbonyl (C=O) groups is 1. The van der Waals surface area contributed by atoms with Crippen molar-refractivity contribution in [2.45, 2.75) is 30.1 Å². The molecular formula is C25H21F3N6O3S. The third-order valence-corrected chi connectivity index (χ3v) is 7.49. The van der Waals surface area contributed by atoms with E-state index in [1.165, 1.54) is 18.5 Å². The smallest absolute Gasteiger partial charge is 0.354 e. The predicted octanol–water partition coefficient (Wildman–Crippen LogP) is 4.13. The molecule has 13 heteroatoms. The van der Waals surface area contributed by atoms with Crippen LogP contribution in [0.15, 0.2) is 72.3 Å². The average molecular weight is 543 g/mol. The Balaban J connectivity index is 1.29. The van der Waals surface area contributed by atoms with Gasteiger partial charge in [0.2, 0.25) is 15.0 Å². The Bertz CT molecular complexity index is 1570. The van der Waals surface area contributed by atoms with Crippen LogP contribution in [-0.4, -0.2) is 45.7 Å². The van der Waals surface area contributed by atoms with Crippen molar-refractivity contribution in [3.63, 3.8) is 0 Å². The van der Waals surface area contributed by atoms with Crippen molar-refractivity contribution in [3.8, 4) is 0 Å². The van der Waals surface area contributed by atoms with Gasteiger partial charge in [0, 0.05) is 31.2 Å². The largest absolute Gasteiger partial charge is 0.433 e. The summed E-state index contributed by atoms with van der Waals surface area (Å²) >= 11 is 0. The lowest BCUT2D eigenvalue weighted by Crippen LogP contribution is -2.36. The molecular weight excluding hydrogens is 521 g/mol. The van der Waals surface area contributed by atoms with E-state index in [0.29, 0.717) is 30.0 Å². The molecule has 4 heterocycles. The first-order valence-electron chi connectivity index (χ1n) is 11.5. The zero-order valence-corrected chi connectivity index (χ0v) is 20.6. The normalized spacial score (nSPS) is 13.7. The van der Waals surface area contributed by atoms with E-state index in [1.807, 2.05) is 6.07 Å². The minimum atomic E-state index is -4.52. The number of pyridine rings is 2. The van der Waals surface area contributed by atoms with Crippen LogP contribution < -0.4 is 5.32 Å². The van der Waals surface area contributed by atoms with Crippen molar-refractivity contribution in [1.29, 1.82) is 0 Å². The second-order valence-corrected chi connectivity index (χ2v) is 10.6. The zero-order chi connectivity index (χ0) is 26.9. The molecule has 0 unspecified atom stereocenters. The highest BCUT2D eigenvalue weighted by atomic mass is 32.2. The summed E-state index contributed by atoms with van der Waals surface area (Å²) < 4.78 is 63.8. The van der Waals surface area contributed by atoms with Gasteiger partial charge in [-0.3, -0.25) is 9.78 Å². The number of nitrogens with one attached hydrogen (secondary N) is 2. The number of aromatic amines is 1. The fourth-order valence-corrected chi connectivity index (χ4v) is 5.35. The minimum Gasteiger partial charge on any atom is -0.354 e. The number of hydrogen-bond acceptors (Lipinski definition) is 7. The molecule has 196 valence electrons. The molecule has 1 amide bonds. The Hall–Kier alpha value is -4.26. The fraction of sp³-hybridized carbons (Fsp3) is 0.200. The fourth-order valence-electron chi connectivity index (χ4n) is 4.17. The first-order chi connectivity index (χ1) is 18.1. The number of nitrogens with zero attached hydrogens (tertiary/aromatic N) is 4. The maximum Gasteiger partial charge on any atom is 0.433 e. The van der Waals surface area contributed by atoms with E-state index in [-0.39, 0.29) is 23.1 Å². The summed E-state index contributed by atoms with van der Waals surface area (Å²) in [5, 5.41) is 2.80. The van der Waals surface area contributed by atoms with Crippen LogP contribution in [0.3, 0.4) is 0 Å². The second-order valence-electron chi connectivity index (χ2n) is 8.65. The molecule has 1 aliphatic rings. The molecule has 1 aromatic carbocycles. The first kappa shape index (κ1) is 25.4. The molecule has 2 N–H and O–H groups in total. The number of amides is 1. The summed E-state index contributed by atoms with van der Waals surface area (Å²) in [6.07, 6.45) is -0.138. The highest BCUT2D eigenvalue weighted by molar-refractivity contribution is 7.90. The summed E-state index contributed by atoms with van der Waals surface area (Å²) in [6.45, 7) is 0.608. The Labute approximate surface area is 215 Å². The van der Waals surface area contributed by atoms with Crippen LogP contribution in [0.25, 0.3) is 0 Å². The predicted molar refractivity (Wildman–Crippen MR) is 131 cm³/mol. The number of rotatable bonds is 6. The van der Waals surface area contributed by atoms with Crippen molar-refractivity contribution in [1.82, 2.24) is 24.8 Å². The Morgan fingerprint density at radius 2 is 1.92 bits per heavy atom. The minimum absolute atomic E-state index is 0.0156. The lowest BCUT2D eigenvalue weighted by Gasteiger charge is -2.30. The molecule has 4 aromatic rings. The maximum absolute atomic E-state index is 13.1. The molecule has 0 saturated carbocycles. The number of anilines is 2. The monoisotopic (exact) mass is 542 g/mol. The van der Waals surface area contributed by atoms with Gasteiger partial charge >= 0.3 is 6.18 Å². The van der Waals surface area contributed by atoms with Gasteiger partial charge in [-0.1, -0.05) is 18.2 Å². The number of sulfone groups is 1. The van der Waals surface area contributed by atoms with Crippen LogP contribution >= 0.6 is 0 Å². The molecule has 0 aliphatic carbocycles. The summed E-state index contributed by atoms with van der Waals surface area (Å²) in [4.78, 5) is 28.8. The van der Waals surface area contributed by atoms with Gasteiger partial charge < -0.3 is 15.2 Å². The number of hydrogen-bond donors (Lipinski definition) is 2. The molecule has 5 rings (SSSR count). The lowest BCUT2D eigenvalue weighted by atomic mass is 9.97. The summed E-state index contributed by atoms with van der Waals surface area (Å²) in [6, 6.07) is 12.6. The van der Waals surface area contributed by atoms with Crippen molar-refractivity contribution in [3.05, 3.63) is 95.3 Å². The average Bonchev–Trinajstić information content (AvgIpc) is 3.40. The van der Waals surface area contributed by atoms with E-state index in [2.05, 4.69) is 25.3 Å². The van der Waals surface area contributed by atoms with Gasteiger partial charge in [-0.25, -0.2) is 18.4 Å². The molecule has 0 radical (unpaired) electrons. The number of carbonyl (C=O) groups excluding carboxylic acids is 1. The molecule has 0 fully saturated rings. The van der Waals surface area contributed by atoms with Crippen molar-refractivity contribution in [2.24, 2.45) is 0 Å². The van der Waals surface area contributed by atoms with Gasteiger partial charge in [-0.05, 0) is 47.9 Å². The van der Waals surface area contributed by atoms with Crippen molar-refractivity contribution in [2.75, 3.05) is 11.9 Å². The number of alkyl halides is 3. The topological polar surface area (TPSA) is 121 Å². The highest BCUT2D eigenvalue weighted by Crippen LogP contribution is 2.31. The van der Waals surface area contributed by atoms with Crippen LogP contribution in [0, 0.1) is 0 Å². The van der Waals surface area contributed by atoms with Gasteiger partial charge in [-0.2, -0.15) is 13.2 Å². The zero-order valence-electron chi connectivity index (χ0n) is 19.7. The number of benzene rings is 1. The van der Waals surface area contributed by atoms with Crippen LogP contribution in [0.1, 0.15) is 33.0 Å². The van der Waals surface area contributed by atoms with Gasteiger partial charge in [0.25, 0.3) is 5.91 Å². The van der Waals surface area contributed by atoms with Crippen molar-refractivity contribution >= 4 is 27.1 Å². The van der Waals surface area contributed by atoms with E-state index in [4.69, 9.17) is 0 Å². The Kier molecular flexibility index (Phi) is 6.61. The van der Waals surface area contributed by atoms with E-state index < -0.39 is 27.6 Å². The SMILES string of the molecule is O=C(c1c[nH]c(S(=O)(=O)Cc2ccccn2)n1)N1CCc2c(cccc2Nc2ccc(C(F)(F)F)nc2)C1. The molecule has 0 saturated heterocycles. The molecule has 0 spiro atoms. The van der Waals surface area contributed by atoms with E-state index in [1.54, 1.807) is 35.2 Å². The number of fused-ring (bicyclic) bond motifs is 1. The second kappa shape index (κ2) is 9.89. The molecule has 9 nitrogen and oxygen atoms in total. The van der Waals surface area contributed by atoms with Crippen LogP contribution in [-0.2, 0) is 34.7 Å². The standard InChI is InChI=1S/C25H21F3N6O3S/c26-25(27,28)22-8-7-17(12-30-22)32-20-6-3-4-16-14-34(11-9-19(16)20)23(35)21-13-31-24(33-21)38(36,37)15-18-5-1-2-10-29-18/h1-8,10,12-13,32H,9,11,14-15H2,(H,31,33). The lowest BCUT2D eigenvalue weighted by molar-refractivity contribution is -0.141. The third-order valence-electron chi connectivity index (χ3n) is 6.02. The third kappa shape index (κ3) is 5.37. The van der Waals surface area contributed by atoms with Crippen LogP contribution in [0.4, 0.5) is 24.5 Å². The van der Waals surface area contributed by atoms with Gasteiger partial charge in [0.1, 0.15) is 17.1 Å². The van der Waals surface area contributed by atoms with E-state index in [0.717, 1.165) is 23.4 Å². The number of imidazole rings is 1. The Morgan fingerprint density at radius 1 is 1.08 bits per heavy atom. The molecule has 0 atom stereocenters. The van der Waals surface area contributed by atoms with Crippen LogP contribution in [0.2, 0.25) is 0 Å². The van der Waals surface area contributed by atoms with E-state index in [9.17, 15) is 26.4 Å². The van der Waals surface area contributed by atoms with Gasteiger partial charge in [0.15, 0.2) is 0 Å². The summed E-state index contributed by atoms with van der Waals surface area (Å²) in [5.74, 6) is -0.771. The molecule has 3 aromatic heterocycles. The summed E-state index contributed by atoms with van der Waals surface area (Å²) in [7, 11) is -3.83. The first-order valence-corrected chi connectivity index (χ1v) is 13.1. The maximum atomic E-state index is 13.1. The summed E-state index contributed by atoms with van der Waals surface area (Å²) in [5.41, 5.74) is 2.27. The van der Waals surface area contributed by atoms with E-state index >= 15 is 0 Å². The van der Waals surface area contributed by atoms with Crippen molar-refractivity contribution < 1.29 is 26.4 Å². The quantitative estimate of drug-likeness (QED) is 0.376. The number of halogens is 3.